The number of aromatic nitrogens is 1. The Morgan fingerprint density at radius 1 is 1.29 bits per heavy atom. The molecule has 0 amide bonds. The molecule has 0 aliphatic rings. The van der Waals surface area contributed by atoms with Crippen LogP contribution in [0.25, 0.3) is 0 Å². The van der Waals surface area contributed by atoms with Gasteiger partial charge in [-0.2, -0.15) is 0 Å². The minimum Gasteiger partial charge on any atom is -0.492 e. The summed E-state index contributed by atoms with van der Waals surface area (Å²) in [6, 6.07) is 9.87. The second-order valence-corrected chi connectivity index (χ2v) is 4.64. The number of rotatable bonds is 6. The van der Waals surface area contributed by atoms with Gasteiger partial charge >= 0.3 is 0 Å². The highest BCUT2D eigenvalue weighted by Crippen LogP contribution is 2.11. The predicted octanol–water partition coefficient (Wildman–Crippen LogP) is 2.62. The van der Waals surface area contributed by atoms with Crippen molar-refractivity contribution in [2.45, 2.75) is 13.5 Å². The highest BCUT2D eigenvalue weighted by atomic mass is 32.1. The van der Waals surface area contributed by atoms with Crippen LogP contribution in [0.15, 0.2) is 35.8 Å². The fourth-order valence-corrected chi connectivity index (χ4v) is 2.20. The van der Waals surface area contributed by atoms with Crippen LogP contribution in [-0.2, 0) is 6.54 Å². The third-order valence-corrected chi connectivity index (χ3v) is 3.36. The summed E-state index contributed by atoms with van der Waals surface area (Å²) in [5, 5.41) is 3.34. The molecule has 0 fully saturated rings. The Balaban J connectivity index is 1.63. The van der Waals surface area contributed by atoms with Crippen molar-refractivity contribution in [3.63, 3.8) is 0 Å². The van der Waals surface area contributed by atoms with E-state index in [1.54, 1.807) is 11.3 Å². The molecule has 0 radical (unpaired) electrons. The van der Waals surface area contributed by atoms with Gasteiger partial charge in [-0.25, -0.2) is 4.98 Å². The zero-order valence-corrected chi connectivity index (χ0v) is 10.7. The van der Waals surface area contributed by atoms with Crippen molar-refractivity contribution in [2.75, 3.05) is 13.2 Å². The Hall–Kier alpha value is -1.39. The molecule has 2 rings (SSSR count). The number of hydrogen-bond acceptors (Lipinski definition) is 4. The van der Waals surface area contributed by atoms with Crippen LogP contribution in [-0.4, -0.2) is 18.1 Å². The smallest absolute Gasteiger partial charge is 0.119 e. The van der Waals surface area contributed by atoms with Crippen LogP contribution >= 0.6 is 11.3 Å². The first-order valence-electron chi connectivity index (χ1n) is 5.64. The normalized spacial score (nSPS) is 10.4. The maximum absolute atomic E-state index is 5.58. The molecule has 0 spiro atoms. The van der Waals surface area contributed by atoms with Gasteiger partial charge in [0.15, 0.2) is 0 Å². The zero-order valence-electron chi connectivity index (χ0n) is 9.85. The van der Waals surface area contributed by atoms with E-state index in [0.717, 1.165) is 24.5 Å². The molecule has 17 heavy (non-hydrogen) atoms. The fourth-order valence-electron chi connectivity index (χ4n) is 1.46. The zero-order chi connectivity index (χ0) is 11.9. The maximum Gasteiger partial charge on any atom is 0.119 e. The highest BCUT2D eigenvalue weighted by molar-refractivity contribution is 7.09. The number of hydrogen-bond donors (Lipinski definition) is 1. The quantitative estimate of drug-likeness (QED) is 0.798. The molecule has 0 atom stereocenters. The number of aryl methyl sites for hydroxylation is 1. The SMILES string of the molecule is Cc1ncsc1CNCCOc1ccccc1. The lowest BCUT2D eigenvalue weighted by molar-refractivity contribution is 0.314. The van der Waals surface area contributed by atoms with Crippen molar-refractivity contribution >= 4 is 11.3 Å². The Labute approximate surface area is 105 Å². The molecule has 3 nitrogen and oxygen atoms in total. The second kappa shape index (κ2) is 6.37. The Bertz CT molecular complexity index is 442. The third kappa shape index (κ3) is 3.84. The van der Waals surface area contributed by atoms with E-state index < -0.39 is 0 Å². The van der Waals surface area contributed by atoms with Crippen LogP contribution in [0.1, 0.15) is 10.6 Å². The molecule has 1 aromatic heterocycles. The summed E-state index contributed by atoms with van der Waals surface area (Å²) >= 11 is 1.69. The average molecular weight is 248 g/mol. The summed E-state index contributed by atoms with van der Waals surface area (Å²) in [6.45, 7) is 4.43. The van der Waals surface area contributed by atoms with Crippen molar-refractivity contribution in [2.24, 2.45) is 0 Å². The number of ether oxygens (including phenoxy) is 1. The summed E-state index contributed by atoms with van der Waals surface area (Å²) in [4.78, 5) is 5.51. The van der Waals surface area contributed by atoms with Crippen molar-refractivity contribution in [1.82, 2.24) is 10.3 Å². The first-order chi connectivity index (χ1) is 8.36. The van der Waals surface area contributed by atoms with Crippen molar-refractivity contribution in [3.8, 4) is 5.75 Å². The van der Waals surface area contributed by atoms with Crippen LogP contribution < -0.4 is 10.1 Å². The Morgan fingerprint density at radius 3 is 2.82 bits per heavy atom. The number of benzene rings is 1. The van der Waals surface area contributed by atoms with Crippen LogP contribution in [0, 0.1) is 6.92 Å². The van der Waals surface area contributed by atoms with Gasteiger partial charge in [-0.05, 0) is 19.1 Å². The molecule has 0 unspecified atom stereocenters. The van der Waals surface area contributed by atoms with Gasteiger partial charge in [0.05, 0.1) is 11.2 Å². The molecular formula is C13H16N2OS. The molecule has 90 valence electrons. The minimum absolute atomic E-state index is 0.682. The van der Waals surface area contributed by atoms with Crippen LogP contribution in [0.3, 0.4) is 0 Å². The molecule has 1 heterocycles. The number of nitrogens with zero attached hydrogens (tertiary/aromatic N) is 1. The number of thiazole rings is 1. The lowest BCUT2D eigenvalue weighted by Gasteiger charge is -2.06. The van der Waals surface area contributed by atoms with E-state index in [2.05, 4.69) is 10.3 Å². The summed E-state index contributed by atoms with van der Waals surface area (Å²) in [7, 11) is 0. The van der Waals surface area contributed by atoms with Gasteiger partial charge < -0.3 is 10.1 Å². The second-order valence-electron chi connectivity index (χ2n) is 3.70. The Kier molecular flexibility index (Phi) is 4.53. The molecule has 0 saturated carbocycles. The van der Waals surface area contributed by atoms with Crippen LogP contribution in [0.2, 0.25) is 0 Å². The summed E-state index contributed by atoms with van der Waals surface area (Å²) in [5.74, 6) is 0.920. The Morgan fingerprint density at radius 2 is 2.12 bits per heavy atom. The number of nitrogens with one attached hydrogen (secondary N) is 1. The summed E-state index contributed by atoms with van der Waals surface area (Å²) < 4.78 is 5.58. The monoisotopic (exact) mass is 248 g/mol. The molecule has 0 bridgehead atoms. The molecule has 1 N–H and O–H groups in total. The van der Waals surface area contributed by atoms with E-state index in [-0.39, 0.29) is 0 Å². The first kappa shape index (κ1) is 12.1. The minimum atomic E-state index is 0.682. The summed E-state index contributed by atoms with van der Waals surface area (Å²) in [6.07, 6.45) is 0. The maximum atomic E-state index is 5.58. The third-order valence-electron chi connectivity index (χ3n) is 2.42. The van der Waals surface area contributed by atoms with E-state index in [4.69, 9.17) is 4.74 Å². The van der Waals surface area contributed by atoms with Gasteiger partial charge in [-0.3, -0.25) is 0 Å². The van der Waals surface area contributed by atoms with E-state index in [1.165, 1.54) is 4.88 Å². The molecule has 2 aromatic rings. The van der Waals surface area contributed by atoms with Gasteiger partial charge in [0.1, 0.15) is 12.4 Å². The van der Waals surface area contributed by atoms with E-state index in [1.807, 2.05) is 42.8 Å². The van der Waals surface area contributed by atoms with E-state index in [0.29, 0.717) is 6.61 Å². The molecule has 1 aromatic carbocycles. The lowest BCUT2D eigenvalue weighted by atomic mass is 10.3. The molecular weight excluding hydrogens is 232 g/mol. The average Bonchev–Trinajstić information content (AvgIpc) is 2.76. The predicted molar refractivity (Wildman–Crippen MR) is 70.5 cm³/mol. The standard InChI is InChI=1S/C13H16N2OS/c1-11-13(17-10-15-11)9-14-7-8-16-12-5-3-2-4-6-12/h2-6,10,14H,7-9H2,1H3. The van der Waals surface area contributed by atoms with Crippen molar-refractivity contribution in [3.05, 3.63) is 46.4 Å². The molecule has 0 aliphatic heterocycles. The van der Waals surface area contributed by atoms with Gasteiger partial charge in [0, 0.05) is 18.0 Å². The van der Waals surface area contributed by atoms with Gasteiger partial charge in [0.25, 0.3) is 0 Å². The van der Waals surface area contributed by atoms with Crippen molar-refractivity contribution in [1.29, 1.82) is 0 Å². The lowest BCUT2D eigenvalue weighted by Crippen LogP contribution is -2.20. The largest absolute Gasteiger partial charge is 0.492 e. The van der Waals surface area contributed by atoms with Crippen molar-refractivity contribution < 1.29 is 4.74 Å². The van der Waals surface area contributed by atoms with E-state index >= 15 is 0 Å². The van der Waals surface area contributed by atoms with Crippen LogP contribution in [0.5, 0.6) is 5.75 Å². The van der Waals surface area contributed by atoms with E-state index in [9.17, 15) is 0 Å². The fraction of sp³-hybridized carbons (Fsp3) is 0.308. The topological polar surface area (TPSA) is 34.2 Å². The van der Waals surface area contributed by atoms with Gasteiger partial charge in [-0.1, -0.05) is 18.2 Å². The van der Waals surface area contributed by atoms with Crippen LogP contribution in [0.4, 0.5) is 0 Å². The molecule has 0 aliphatic carbocycles. The molecule has 0 saturated heterocycles. The van der Waals surface area contributed by atoms with Gasteiger partial charge in [0.2, 0.25) is 0 Å². The van der Waals surface area contributed by atoms with Gasteiger partial charge in [-0.15, -0.1) is 11.3 Å². The molecule has 4 heteroatoms. The first-order valence-corrected chi connectivity index (χ1v) is 6.52. The highest BCUT2D eigenvalue weighted by Gasteiger charge is 1.99. The summed E-state index contributed by atoms with van der Waals surface area (Å²) in [5.41, 5.74) is 3.00. The number of para-hydroxylation sites is 1.